The third kappa shape index (κ3) is 2.70. The van der Waals surface area contributed by atoms with E-state index in [2.05, 4.69) is 0 Å². The SMILES string of the molecule is CC(C)Oc1ccc(C(C)O)cc1F. The van der Waals surface area contributed by atoms with Gasteiger partial charge in [-0.05, 0) is 38.5 Å². The highest BCUT2D eigenvalue weighted by atomic mass is 19.1. The summed E-state index contributed by atoms with van der Waals surface area (Å²) in [5.41, 5.74) is 0.554. The number of halogens is 1. The summed E-state index contributed by atoms with van der Waals surface area (Å²) in [7, 11) is 0. The highest BCUT2D eigenvalue weighted by molar-refractivity contribution is 5.30. The summed E-state index contributed by atoms with van der Waals surface area (Å²) in [6, 6.07) is 4.49. The molecule has 0 saturated heterocycles. The van der Waals surface area contributed by atoms with Crippen LogP contribution in [0.25, 0.3) is 0 Å². The second kappa shape index (κ2) is 4.42. The van der Waals surface area contributed by atoms with Gasteiger partial charge in [0, 0.05) is 0 Å². The summed E-state index contributed by atoms with van der Waals surface area (Å²) in [5.74, 6) is -0.207. The van der Waals surface area contributed by atoms with E-state index in [-0.39, 0.29) is 11.9 Å². The fraction of sp³-hybridized carbons (Fsp3) is 0.455. The Hall–Kier alpha value is -1.09. The van der Waals surface area contributed by atoms with Crippen LogP contribution < -0.4 is 4.74 Å². The van der Waals surface area contributed by atoms with Crippen LogP contribution in [0.3, 0.4) is 0 Å². The number of hydrogen-bond acceptors (Lipinski definition) is 2. The molecule has 78 valence electrons. The first-order chi connectivity index (χ1) is 6.50. The number of ether oxygens (including phenoxy) is 1. The molecule has 1 aromatic rings. The normalized spacial score (nSPS) is 13.0. The Morgan fingerprint density at radius 3 is 2.36 bits per heavy atom. The zero-order valence-corrected chi connectivity index (χ0v) is 8.62. The summed E-state index contributed by atoms with van der Waals surface area (Å²) < 4.78 is 18.6. The zero-order chi connectivity index (χ0) is 10.7. The van der Waals surface area contributed by atoms with Crippen molar-refractivity contribution in [2.45, 2.75) is 33.0 Å². The number of aliphatic hydroxyl groups is 1. The van der Waals surface area contributed by atoms with E-state index in [9.17, 15) is 9.50 Å². The molecule has 0 aliphatic heterocycles. The predicted molar refractivity (Wildman–Crippen MR) is 52.8 cm³/mol. The molecule has 1 aromatic carbocycles. The molecule has 0 heterocycles. The van der Waals surface area contributed by atoms with Crippen molar-refractivity contribution in [3.63, 3.8) is 0 Å². The standard InChI is InChI=1S/C11H15FO2/c1-7(2)14-11-5-4-9(8(3)13)6-10(11)12/h4-8,13H,1-3H3. The van der Waals surface area contributed by atoms with Crippen LogP contribution in [0.4, 0.5) is 4.39 Å². The van der Waals surface area contributed by atoms with Gasteiger partial charge < -0.3 is 9.84 Å². The number of rotatable bonds is 3. The Bertz CT molecular complexity index is 308. The van der Waals surface area contributed by atoms with Crippen molar-refractivity contribution in [1.82, 2.24) is 0 Å². The molecule has 3 heteroatoms. The van der Waals surface area contributed by atoms with Crippen LogP contribution in [-0.2, 0) is 0 Å². The Balaban J connectivity index is 2.90. The third-order valence-electron chi connectivity index (χ3n) is 1.80. The zero-order valence-electron chi connectivity index (χ0n) is 8.62. The molecule has 1 unspecified atom stereocenters. The van der Waals surface area contributed by atoms with Crippen molar-refractivity contribution in [2.75, 3.05) is 0 Å². The van der Waals surface area contributed by atoms with Gasteiger partial charge in [-0.3, -0.25) is 0 Å². The van der Waals surface area contributed by atoms with Crippen LogP contribution in [0.5, 0.6) is 5.75 Å². The molecule has 2 nitrogen and oxygen atoms in total. The first-order valence-corrected chi connectivity index (χ1v) is 4.65. The molecule has 0 amide bonds. The van der Waals surface area contributed by atoms with Gasteiger partial charge in [0.2, 0.25) is 0 Å². The molecular weight excluding hydrogens is 183 g/mol. The quantitative estimate of drug-likeness (QED) is 0.809. The Morgan fingerprint density at radius 1 is 1.29 bits per heavy atom. The summed E-state index contributed by atoms with van der Waals surface area (Å²) >= 11 is 0. The fourth-order valence-corrected chi connectivity index (χ4v) is 1.13. The van der Waals surface area contributed by atoms with Crippen molar-refractivity contribution in [3.8, 4) is 5.75 Å². The molecule has 0 bridgehead atoms. The number of hydrogen-bond donors (Lipinski definition) is 1. The van der Waals surface area contributed by atoms with Crippen molar-refractivity contribution >= 4 is 0 Å². The Labute approximate surface area is 83.3 Å². The lowest BCUT2D eigenvalue weighted by atomic mass is 10.1. The van der Waals surface area contributed by atoms with E-state index in [0.29, 0.717) is 5.56 Å². The fourth-order valence-electron chi connectivity index (χ4n) is 1.13. The summed E-state index contributed by atoms with van der Waals surface area (Å²) in [4.78, 5) is 0. The van der Waals surface area contributed by atoms with E-state index in [1.807, 2.05) is 13.8 Å². The van der Waals surface area contributed by atoms with Crippen molar-refractivity contribution in [1.29, 1.82) is 0 Å². The topological polar surface area (TPSA) is 29.5 Å². The second-order valence-electron chi connectivity index (χ2n) is 3.53. The second-order valence-corrected chi connectivity index (χ2v) is 3.53. The molecule has 0 aliphatic rings. The molecule has 0 spiro atoms. The van der Waals surface area contributed by atoms with Crippen LogP contribution in [0.1, 0.15) is 32.4 Å². The number of benzene rings is 1. The molecule has 1 N–H and O–H groups in total. The predicted octanol–water partition coefficient (Wildman–Crippen LogP) is 2.67. The van der Waals surface area contributed by atoms with Gasteiger partial charge in [0.15, 0.2) is 11.6 Å². The van der Waals surface area contributed by atoms with Gasteiger partial charge in [-0.1, -0.05) is 6.07 Å². The lowest BCUT2D eigenvalue weighted by Gasteiger charge is -2.12. The van der Waals surface area contributed by atoms with Crippen molar-refractivity contribution < 1.29 is 14.2 Å². The Kier molecular flexibility index (Phi) is 3.47. The molecule has 0 aliphatic carbocycles. The minimum atomic E-state index is -0.655. The lowest BCUT2D eigenvalue weighted by Crippen LogP contribution is -2.07. The summed E-state index contributed by atoms with van der Waals surface area (Å²) in [6.45, 7) is 5.27. The van der Waals surface area contributed by atoms with Gasteiger partial charge >= 0.3 is 0 Å². The minimum Gasteiger partial charge on any atom is -0.488 e. The molecule has 0 aromatic heterocycles. The average Bonchev–Trinajstić information content (AvgIpc) is 2.07. The third-order valence-corrected chi connectivity index (χ3v) is 1.80. The van der Waals surface area contributed by atoms with Crippen LogP contribution in [0.15, 0.2) is 18.2 Å². The lowest BCUT2D eigenvalue weighted by molar-refractivity contribution is 0.197. The molecule has 0 radical (unpaired) electrons. The van der Waals surface area contributed by atoms with E-state index in [0.717, 1.165) is 0 Å². The molecule has 1 atom stereocenters. The van der Waals surface area contributed by atoms with Gasteiger partial charge in [-0.25, -0.2) is 4.39 Å². The van der Waals surface area contributed by atoms with Gasteiger partial charge in [0.25, 0.3) is 0 Å². The molecular formula is C11H15FO2. The van der Waals surface area contributed by atoms with Gasteiger partial charge in [-0.15, -0.1) is 0 Å². The van der Waals surface area contributed by atoms with Crippen molar-refractivity contribution in [3.05, 3.63) is 29.6 Å². The highest BCUT2D eigenvalue weighted by Crippen LogP contribution is 2.22. The first kappa shape index (κ1) is 11.0. The summed E-state index contributed by atoms with van der Waals surface area (Å²) in [6.07, 6.45) is -0.709. The molecule has 0 fully saturated rings. The Morgan fingerprint density at radius 2 is 1.93 bits per heavy atom. The van der Waals surface area contributed by atoms with E-state index >= 15 is 0 Å². The van der Waals surface area contributed by atoms with E-state index in [1.54, 1.807) is 13.0 Å². The maximum atomic E-state index is 13.3. The van der Waals surface area contributed by atoms with Crippen LogP contribution in [-0.4, -0.2) is 11.2 Å². The van der Waals surface area contributed by atoms with E-state index in [4.69, 9.17) is 4.74 Å². The van der Waals surface area contributed by atoms with Crippen LogP contribution in [0.2, 0.25) is 0 Å². The van der Waals surface area contributed by atoms with Gasteiger partial charge in [-0.2, -0.15) is 0 Å². The van der Waals surface area contributed by atoms with Crippen LogP contribution in [0, 0.1) is 5.82 Å². The van der Waals surface area contributed by atoms with E-state index in [1.165, 1.54) is 12.1 Å². The smallest absolute Gasteiger partial charge is 0.165 e. The van der Waals surface area contributed by atoms with Crippen molar-refractivity contribution in [2.24, 2.45) is 0 Å². The van der Waals surface area contributed by atoms with E-state index < -0.39 is 11.9 Å². The molecule has 0 saturated carbocycles. The highest BCUT2D eigenvalue weighted by Gasteiger charge is 2.08. The summed E-state index contributed by atoms with van der Waals surface area (Å²) in [5, 5.41) is 9.21. The first-order valence-electron chi connectivity index (χ1n) is 4.65. The monoisotopic (exact) mass is 198 g/mol. The van der Waals surface area contributed by atoms with Crippen LogP contribution >= 0.6 is 0 Å². The van der Waals surface area contributed by atoms with Gasteiger partial charge in [0.05, 0.1) is 12.2 Å². The minimum absolute atomic E-state index is 0.0538. The maximum Gasteiger partial charge on any atom is 0.165 e. The maximum absolute atomic E-state index is 13.3. The molecule has 1 rings (SSSR count). The largest absolute Gasteiger partial charge is 0.488 e. The number of aliphatic hydroxyl groups excluding tert-OH is 1. The molecule has 14 heavy (non-hydrogen) atoms. The average molecular weight is 198 g/mol. The van der Waals surface area contributed by atoms with Gasteiger partial charge in [0.1, 0.15) is 0 Å².